The zero-order valence-corrected chi connectivity index (χ0v) is 24.8. The average Bonchev–Trinajstić information content (AvgIpc) is 3.26. The summed E-state index contributed by atoms with van der Waals surface area (Å²) in [6, 6.07) is 11.0. The van der Waals surface area contributed by atoms with Gasteiger partial charge in [-0.25, -0.2) is 0 Å². The maximum Gasteiger partial charge on any atom is 0.306 e. The molecule has 0 aromatic heterocycles. The molecule has 1 fully saturated rings. The standard InChI is InChI=1S/C32H39N3O8/c1-33-27(36)26(17-20-7-9-22(42-2)10-8-20)34-31(41)32(14-5-4-6-15-32)19-21(30(39)40)13-16-35-28(37)24-12-11-23(43-3)18-25(24)29(35)38/h7-12,18,21,26H,4-6,13-17,19H2,1-3H3,(H,33,36)(H,34,41)(H,39,40)/t21?,26-/m0/s1. The zero-order valence-electron chi connectivity index (χ0n) is 24.8. The lowest BCUT2D eigenvalue weighted by molar-refractivity contribution is -0.146. The Morgan fingerprint density at radius 1 is 0.930 bits per heavy atom. The first-order valence-electron chi connectivity index (χ1n) is 14.5. The van der Waals surface area contributed by atoms with E-state index in [1.165, 1.54) is 26.3 Å². The summed E-state index contributed by atoms with van der Waals surface area (Å²) in [6.07, 6.45) is 3.68. The number of hydrogen-bond acceptors (Lipinski definition) is 7. The summed E-state index contributed by atoms with van der Waals surface area (Å²) >= 11 is 0. The van der Waals surface area contributed by atoms with Crippen molar-refractivity contribution < 1.29 is 38.6 Å². The van der Waals surface area contributed by atoms with Gasteiger partial charge in [-0.3, -0.25) is 28.9 Å². The van der Waals surface area contributed by atoms with Crippen molar-refractivity contribution in [2.75, 3.05) is 27.8 Å². The minimum absolute atomic E-state index is 0.00229. The van der Waals surface area contributed by atoms with Crippen LogP contribution in [0.15, 0.2) is 42.5 Å². The average molecular weight is 594 g/mol. The Bertz CT molecular complexity index is 1370. The summed E-state index contributed by atoms with van der Waals surface area (Å²) < 4.78 is 10.4. The molecule has 0 bridgehead atoms. The number of nitrogens with zero attached hydrogens (tertiary/aromatic N) is 1. The third-order valence-electron chi connectivity index (χ3n) is 8.62. The van der Waals surface area contributed by atoms with Crippen molar-refractivity contribution in [2.45, 2.75) is 57.4 Å². The van der Waals surface area contributed by atoms with Gasteiger partial charge < -0.3 is 25.2 Å². The number of amides is 4. The first-order chi connectivity index (χ1) is 20.6. The van der Waals surface area contributed by atoms with Crippen LogP contribution in [-0.4, -0.2) is 73.5 Å². The molecular formula is C32H39N3O8. The van der Waals surface area contributed by atoms with Gasteiger partial charge in [-0.2, -0.15) is 0 Å². The highest BCUT2D eigenvalue weighted by atomic mass is 16.5. The lowest BCUT2D eigenvalue weighted by Crippen LogP contribution is -2.53. The molecule has 11 nitrogen and oxygen atoms in total. The third-order valence-corrected chi connectivity index (χ3v) is 8.62. The van der Waals surface area contributed by atoms with E-state index in [1.54, 1.807) is 25.3 Å². The SMILES string of the molecule is CNC(=O)[C@H](Cc1ccc(OC)cc1)NC(=O)C1(CC(CCN2C(=O)c3ccc(OC)cc3C2=O)C(=O)O)CCCCC1. The zero-order chi connectivity index (χ0) is 31.1. The second kappa shape index (κ2) is 13.7. The number of imide groups is 1. The van der Waals surface area contributed by atoms with Crippen LogP contribution >= 0.6 is 0 Å². The number of likely N-dealkylation sites (N-methyl/N-ethyl adjacent to an activating group) is 1. The van der Waals surface area contributed by atoms with Crippen LogP contribution in [0.4, 0.5) is 0 Å². The Kier molecular flexibility index (Phi) is 10.1. The van der Waals surface area contributed by atoms with Crippen molar-refractivity contribution in [1.29, 1.82) is 0 Å². The number of nitrogens with one attached hydrogen (secondary N) is 2. The van der Waals surface area contributed by atoms with E-state index in [-0.39, 0.29) is 48.7 Å². The highest BCUT2D eigenvalue weighted by Gasteiger charge is 2.44. The number of fused-ring (bicyclic) bond motifs is 1. The normalized spacial score (nSPS) is 17.0. The smallest absolute Gasteiger partial charge is 0.306 e. The van der Waals surface area contributed by atoms with Crippen LogP contribution in [0, 0.1) is 11.3 Å². The molecule has 1 saturated carbocycles. The number of hydrogen-bond donors (Lipinski definition) is 3. The number of benzene rings is 2. The molecule has 230 valence electrons. The fourth-order valence-corrected chi connectivity index (χ4v) is 6.11. The van der Waals surface area contributed by atoms with E-state index in [4.69, 9.17) is 9.47 Å². The second-order valence-corrected chi connectivity index (χ2v) is 11.2. The van der Waals surface area contributed by atoms with E-state index in [0.29, 0.717) is 24.3 Å². The quantitative estimate of drug-likeness (QED) is 0.300. The molecule has 0 radical (unpaired) electrons. The summed E-state index contributed by atoms with van der Waals surface area (Å²) in [5.74, 6) is -2.66. The lowest BCUT2D eigenvalue weighted by Gasteiger charge is -2.38. The Morgan fingerprint density at radius 3 is 2.16 bits per heavy atom. The summed E-state index contributed by atoms with van der Waals surface area (Å²) in [6.45, 7) is -0.0956. The monoisotopic (exact) mass is 593 g/mol. The summed E-state index contributed by atoms with van der Waals surface area (Å²) in [5.41, 5.74) is 0.298. The van der Waals surface area contributed by atoms with E-state index in [2.05, 4.69) is 10.6 Å². The van der Waals surface area contributed by atoms with Gasteiger partial charge in [0.25, 0.3) is 11.8 Å². The molecule has 3 N–H and O–H groups in total. The number of rotatable bonds is 13. The highest BCUT2D eigenvalue weighted by molar-refractivity contribution is 6.21. The van der Waals surface area contributed by atoms with Crippen LogP contribution in [0.25, 0.3) is 0 Å². The first-order valence-corrected chi connectivity index (χ1v) is 14.5. The van der Waals surface area contributed by atoms with E-state index < -0.39 is 35.2 Å². The third kappa shape index (κ3) is 6.98. The topological polar surface area (TPSA) is 151 Å². The fourth-order valence-electron chi connectivity index (χ4n) is 6.11. The van der Waals surface area contributed by atoms with Crippen molar-refractivity contribution in [1.82, 2.24) is 15.5 Å². The molecule has 11 heteroatoms. The number of aliphatic carboxylic acids is 1. The first kappa shape index (κ1) is 31.5. The number of methoxy groups -OCH3 is 2. The molecule has 1 aliphatic carbocycles. The van der Waals surface area contributed by atoms with Gasteiger partial charge >= 0.3 is 5.97 Å². The second-order valence-electron chi connectivity index (χ2n) is 11.2. The van der Waals surface area contributed by atoms with Crippen LogP contribution in [0.3, 0.4) is 0 Å². The fraction of sp³-hybridized carbons (Fsp3) is 0.469. The van der Waals surface area contributed by atoms with Crippen molar-refractivity contribution in [3.05, 3.63) is 59.2 Å². The predicted molar refractivity (Wildman–Crippen MR) is 157 cm³/mol. The minimum Gasteiger partial charge on any atom is -0.497 e. The van der Waals surface area contributed by atoms with Gasteiger partial charge in [0, 0.05) is 20.0 Å². The predicted octanol–water partition coefficient (Wildman–Crippen LogP) is 3.20. The molecule has 43 heavy (non-hydrogen) atoms. The number of carbonyl (C=O) groups excluding carboxylic acids is 4. The molecule has 2 atom stereocenters. The van der Waals surface area contributed by atoms with Crippen molar-refractivity contribution >= 4 is 29.6 Å². The largest absolute Gasteiger partial charge is 0.497 e. The Balaban J connectivity index is 1.49. The van der Waals surface area contributed by atoms with Gasteiger partial charge in [0.2, 0.25) is 11.8 Å². The summed E-state index contributed by atoms with van der Waals surface area (Å²) in [4.78, 5) is 66.3. The molecule has 1 heterocycles. The molecule has 1 unspecified atom stereocenters. The van der Waals surface area contributed by atoms with Crippen LogP contribution in [0.5, 0.6) is 11.5 Å². The van der Waals surface area contributed by atoms with Crippen LogP contribution < -0.4 is 20.1 Å². The minimum atomic E-state index is -1.10. The van der Waals surface area contributed by atoms with Gasteiger partial charge in [-0.15, -0.1) is 0 Å². The molecular weight excluding hydrogens is 554 g/mol. The maximum absolute atomic E-state index is 13.9. The van der Waals surface area contributed by atoms with Gasteiger partial charge in [-0.05, 0) is 61.6 Å². The van der Waals surface area contributed by atoms with Crippen LogP contribution in [0.2, 0.25) is 0 Å². The number of carbonyl (C=O) groups is 5. The molecule has 4 rings (SSSR count). The molecule has 1 aliphatic heterocycles. The Hall–Kier alpha value is -4.41. The molecule has 2 aromatic rings. The number of carboxylic acid groups (broad SMARTS) is 1. The summed E-state index contributed by atoms with van der Waals surface area (Å²) in [7, 11) is 4.53. The number of carboxylic acids is 1. The van der Waals surface area contributed by atoms with Crippen molar-refractivity contribution in [3.8, 4) is 11.5 Å². The summed E-state index contributed by atoms with van der Waals surface area (Å²) in [5, 5.41) is 15.7. The van der Waals surface area contributed by atoms with E-state index in [0.717, 1.165) is 29.7 Å². The van der Waals surface area contributed by atoms with Gasteiger partial charge in [0.05, 0.1) is 36.7 Å². The Morgan fingerprint density at radius 2 is 1.56 bits per heavy atom. The van der Waals surface area contributed by atoms with E-state index >= 15 is 0 Å². The molecule has 2 aromatic carbocycles. The highest BCUT2D eigenvalue weighted by Crippen LogP contribution is 2.43. The van der Waals surface area contributed by atoms with Gasteiger partial charge in [0.1, 0.15) is 17.5 Å². The molecule has 2 aliphatic rings. The lowest BCUT2D eigenvalue weighted by atomic mass is 9.67. The van der Waals surface area contributed by atoms with Crippen LogP contribution in [0.1, 0.15) is 71.2 Å². The van der Waals surface area contributed by atoms with Crippen LogP contribution in [-0.2, 0) is 20.8 Å². The van der Waals surface area contributed by atoms with Gasteiger partial charge in [0.15, 0.2) is 0 Å². The van der Waals surface area contributed by atoms with Crippen molar-refractivity contribution in [3.63, 3.8) is 0 Å². The number of ether oxygens (including phenoxy) is 2. The molecule has 4 amide bonds. The molecule has 0 saturated heterocycles. The Labute approximate surface area is 250 Å². The van der Waals surface area contributed by atoms with Crippen molar-refractivity contribution in [2.24, 2.45) is 11.3 Å². The van der Waals surface area contributed by atoms with E-state index in [9.17, 15) is 29.1 Å². The molecule has 0 spiro atoms. The van der Waals surface area contributed by atoms with E-state index in [1.807, 2.05) is 12.1 Å². The maximum atomic E-state index is 13.9. The van der Waals surface area contributed by atoms with Gasteiger partial charge in [-0.1, -0.05) is 31.4 Å².